The number of carbonyl (C=O) groups is 1. The normalized spacial score (nSPS) is 15.5. The van der Waals surface area contributed by atoms with Crippen molar-refractivity contribution in [3.05, 3.63) is 66.1 Å². The largest absolute Gasteiger partial charge is 0.339 e. The van der Waals surface area contributed by atoms with Gasteiger partial charge >= 0.3 is 0 Å². The average molecular weight is 376 g/mol. The molecule has 2 aromatic carbocycles. The smallest absolute Gasteiger partial charge is 0.238 e. The number of carbonyl (C=O) groups excluding carboxylic acids is 1. The molecule has 1 aliphatic rings. The van der Waals surface area contributed by atoms with Crippen molar-refractivity contribution in [3.8, 4) is 11.4 Å². The predicted molar refractivity (Wildman–Crippen MR) is 108 cm³/mol. The van der Waals surface area contributed by atoms with Gasteiger partial charge < -0.3 is 9.84 Å². The topological polar surface area (TPSA) is 71.3 Å². The minimum Gasteiger partial charge on any atom is -0.339 e. The van der Waals surface area contributed by atoms with Crippen LogP contribution >= 0.6 is 0 Å². The summed E-state index contributed by atoms with van der Waals surface area (Å²) in [5.74, 6) is 1.61. The lowest BCUT2D eigenvalue weighted by Gasteiger charge is -2.29. The molecule has 0 unspecified atom stereocenters. The number of aromatic nitrogens is 2. The van der Waals surface area contributed by atoms with Gasteiger partial charge in [-0.3, -0.25) is 9.69 Å². The molecule has 4 rings (SSSR count). The minimum atomic E-state index is 0.0178. The number of hydrogen-bond donors (Lipinski definition) is 1. The summed E-state index contributed by atoms with van der Waals surface area (Å²) in [6, 6.07) is 17.7. The van der Waals surface area contributed by atoms with Crippen LogP contribution < -0.4 is 5.32 Å². The molecule has 1 fully saturated rings. The van der Waals surface area contributed by atoms with E-state index in [2.05, 4.69) is 26.4 Å². The van der Waals surface area contributed by atoms with E-state index in [1.807, 2.05) is 55.5 Å². The Morgan fingerprint density at radius 3 is 2.68 bits per heavy atom. The van der Waals surface area contributed by atoms with Gasteiger partial charge in [0.15, 0.2) is 0 Å². The molecule has 2 heterocycles. The van der Waals surface area contributed by atoms with E-state index in [1.54, 1.807) is 0 Å². The van der Waals surface area contributed by atoms with Gasteiger partial charge in [-0.15, -0.1) is 0 Å². The van der Waals surface area contributed by atoms with Crippen molar-refractivity contribution in [2.24, 2.45) is 0 Å². The summed E-state index contributed by atoms with van der Waals surface area (Å²) in [5.41, 5.74) is 2.98. The van der Waals surface area contributed by atoms with Gasteiger partial charge in [0.2, 0.25) is 17.6 Å². The van der Waals surface area contributed by atoms with Gasteiger partial charge in [0, 0.05) is 17.2 Å². The van der Waals surface area contributed by atoms with E-state index in [4.69, 9.17) is 4.52 Å². The fourth-order valence-electron chi connectivity index (χ4n) is 3.57. The number of para-hydroxylation sites is 1. The van der Waals surface area contributed by atoms with Gasteiger partial charge in [-0.05, 0) is 51.1 Å². The molecule has 0 atom stereocenters. The Morgan fingerprint density at radius 1 is 1.14 bits per heavy atom. The second-order valence-electron chi connectivity index (χ2n) is 7.29. The zero-order chi connectivity index (χ0) is 19.3. The molecule has 6 nitrogen and oxygen atoms in total. The van der Waals surface area contributed by atoms with Crippen molar-refractivity contribution < 1.29 is 9.32 Å². The third-order valence-corrected chi connectivity index (χ3v) is 5.08. The summed E-state index contributed by atoms with van der Waals surface area (Å²) in [4.78, 5) is 19.0. The second kappa shape index (κ2) is 8.35. The van der Waals surface area contributed by atoms with Crippen molar-refractivity contribution in [3.63, 3.8) is 0 Å². The van der Waals surface area contributed by atoms with Crippen molar-refractivity contribution in [2.75, 3.05) is 25.0 Å². The van der Waals surface area contributed by atoms with Gasteiger partial charge in [0.1, 0.15) is 0 Å². The molecule has 0 spiro atoms. The molecule has 1 aromatic heterocycles. The van der Waals surface area contributed by atoms with Crippen LogP contribution in [0.25, 0.3) is 11.4 Å². The zero-order valence-electron chi connectivity index (χ0n) is 16.0. The molecule has 144 valence electrons. The van der Waals surface area contributed by atoms with Gasteiger partial charge in [0.25, 0.3) is 0 Å². The lowest BCUT2D eigenvalue weighted by molar-refractivity contribution is -0.117. The van der Waals surface area contributed by atoms with E-state index >= 15 is 0 Å². The first-order chi connectivity index (χ1) is 13.7. The lowest BCUT2D eigenvalue weighted by Crippen LogP contribution is -2.38. The maximum absolute atomic E-state index is 12.2. The first kappa shape index (κ1) is 18.4. The Morgan fingerprint density at radius 2 is 1.93 bits per heavy atom. The van der Waals surface area contributed by atoms with Crippen LogP contribution in [0.15, 0.2) is 59.1 Å². The van der Waals surface area contributed by atoms with E-state index in [-0.39, 0.29) is 11.8 Å². The Kier molecular flexibility index (Phi) is 5.48. The standard InChI is InChI=1S/C22H24N4O2/c1-16-6-5-7-18(14-16)21-24-22(28-25-21)17-10-12-26(13-11-17)15-20(27)23-19-8-3-2-4-9-19/h2-9,14,17H,10-13,15H2,1H3,(H,23,27). The summed E-state index contributed by atoms with van der Waals surface area (Å²) in [5, 5.41) is 7.09. The third kappa shape index (κ3) is 4.46. The highest BCUT2D eigenvalue weighted by Gasteiger charge is 2.26. The number of nitrogens with zero attached hydrogens (tertiary/aromatic N) is 3. The van der Waals surface area contributed by atoms with E-state index in [0.29, 0.717) is 18.3 Å². The number of hydrogen-bond acceptors (Lipinski definition) is 5. The fraction of sp³-hybridized carbons (Fsp3) is 0.318. The number of aryl methyl sites for hydroxylation is 1. The maximum Gasteiger partial charge on any atom is 0.238 e. The number of benzene rings is 2. The molecule has 1 aliphatic heterocycles. The Bertz CT molecular complexity index is 930. The van der Waals surface area contributed by atoms with Crippen LogP contribution in [-0.4, -0.2) is 40.6 Å². The zero-order valence-corrected chi connectivity index (χ0v) is 16.0. The molecule has 28 heavy (non-hydrogen) atoms. The number of piperidine rings is 1. The first-order valence-electron chi connectivity index (χ1n) is 9.65. The second-order valence-corrected chi connectivity index (χ2v) is 7.29. The maximum atomic E-state index is 12.2. The predicted octanol–water partition coefficient (Wildman–Crippen LogP) is 3.86. The van der Waals surface area contributed by atoms with Crippen LogP contribution in [0.4, 0.5) is 5.69 Å². The third-order valence-electron chi connectivity index (χ3n) is 5.08. The molecular formula is C22H24N4O2. The van der Waals surface area contributed by atoms with E-state index in [1.165, 1.54) is 5.56 Å². The lowest BCUT2D eigenvalue weighted by atomic mass is 9.97. The molecule has 3 aromatic rings. The summed E-state index contributed by atoms with van der Waals surface area (Å²) in [7, 11) is 0. The quantitative estimate of drug-likeness (QED) is 0.732. The number of rotatable bonds is 5. The molecule has 0 bridgehead atoms. The summed E-state index contributed by atoms with van der Waals surface area (Å²) in [6.07, 6.45) is 1.82. The highest BCUT2D eigenvalue weighted by Crippen LogP contribution is 2.28. The summed E-state index contributed by atoms with van der Waals surface area (Å²) >= 11 is 0. The number of anilines is 1. The molecular weight excluding hydrogens is 352 g/mol. The molecule has 1 amide bonds. The number of amides is 1. The summed E-state index contributed by atoms with van der Waals surface area (Å²) < 4.78 is 5.53. The van der Waals surface area contributed by atoms with Crippen molar-refractivity contribution >= 4 is 11.6 Å². The van der Waals surface area contributed by atoms with Gasteiger partial charge in [-0.2, -0.15) is 4.98 Å². The molecule has 0 radical (unpaired) electrons. The van der Waals surface area contributed by atoms with Crippen LogP contribution in [0.5, 0.6) is 0 Å². The molecule has 0 saturated carbocycles. The van der Waals surface area contributed by atoms with Crippen LogP contribution in [0.2, 0.25) is 0 Å². The highest BCUT2D eigenvalue weighted by atomic mass is 16.5. The van der Waals surface area contributed by atoms with Gasteiger partial charge in [0.05, 0.1) is 6.54 Å². The molecule has 1 saturated heterocycles. The van der Waals surface area contributed by atoms with Crippen LogP contribution in [0.3, 0.4) is 0 Å². The Labute approximate surface area is 164 Å². The average Bonchev–Trinajstić information content (AvgIpc) is 3.19. The first-order valence-corrected chi connectivity index (χ1v) is 9.65. The Hall–Kier alpha value is -2.99. The minimum absolute atomic E-state index is 0.0178. The van der Waals surface area contributed by atoms with Gasteiger partial charge in [-0.25, -0.2) is 0 Å². The molecule has 6 heteroatoms. The summed E-state index contributed by atoms with van der Waals surface area (Å²) in [6.45, 7) is 4.14. The van der Waals surface area contributed by atoms with Crippen molar-refractivity contribution in [1.29, 1.82) is 0 Å². The van der Waals surface area contributed by atoms with Crippen molar-refractivity contribution in [1.82, 2.24) is 15.0 Å². The number of nitrogens with one attached hydrogen (secondary N) is 1. The van der Waals surface area contributed by atoms with E-state index in [0.717, 1.165) is 37.2 Å². The fourth-order valence-corrected chi connectivity index (χ4v) is 3.57. The number of likely N-dealkylation sites (tertiary alicyclic amines) is 1. The van der Waals surface area contributed by atoms with E-state index in [9.17, 15) is 4.79 Å². The van der Waals surface area contributed by atoms with E-state index < -0.39 is 0 Å². The van der Waals surface area contributed by atoms with Crippen LogP contribution in [-0.2, 0) is 4.79 Å². The van der Waals surface area contributed by atoms with Gasteiger partial charge in [-0.1, -0.05) is 47.1 Å². The SMILES string of the molecule is Cc1cccc(-c2noc(C3CCN(CC(=O)Nc4ccccc4)CC3)n2)c1. The highest BCUT2D eigenvalue weighted by molar-refractivity contribution is 5.92. The Balaban J connectivity index is 1.30. The van der Waals surface area contributed by atoms with Crippen molar-refractivity contribution in [2.45, 2.75) is 25.7 Å². The van der Waals surface area contributed by atoms with Crippen LogP contribution in [0, 0.1) is 6.92 Å². The monoisotopic (exact) mass is 376 g/mol. The molecule has 0 aliphatic carbocycles. The van der Waals surface area contributed by atoms with Crippen LogP contribution in [0.1, 0.15) is 30.2 Å². The molecule has 1 N–H and O–H groups in total.